The van der Waals surface area contributed by atoms with Crippen LogP contribution in [-0.4, -0.2) is 11.7 Å². The summed E-state index contributed by atoms with van der Waals surface area (Å²) in [5.41, 5.74) is 2.46. The highest BCUT2D eigenvalue weighted by atomic mass is 35.5. The zero-order valence-electron chi connectivity index (χ0n) is 9.59. The third-order valence-corrected chi connectivity index (χ3v) is 2.57. The Morgan fingerprint density at radius 2 is 1.47 bits per heavy atom. The molecule has 0 saturated carbocycles. The van der Waals surface area contributed by atoms with E-state index < -0.39 is 0 Å². The molecule has 0 unspecified atom stereocenters. The number of rotatable bonds is 4. The van der Waals surface area contributed by atoms with Crippen molar-refractivity contribution < 1.29 is 22.1 Å². The first-order valence-corrected chi connectivity index (χ1v) is 5.55. The second kappa shape index (κ2) is 7.05. The molecule has 0 aliphatic heterocycles. The summed E-state index contributed by atoms with van der Waals surface area (Å²) < 4.78 is 2.09. The molecule has 1 N–H and O–H groups in total. The maximum absolute atomic E-state index is 8.75. The largest absolute Gasteiger partial charge is 1.00 e. The molecule has 0 saturated heterocycles. The number of halogens is 1. The predicted octanol–water partition coefficient (Wildman–Crippen LogP) is -0.972. The minimum absolute atomic E-state index is 0. The molecule has 0 aliphatic carbocycles. The number of aliphatic hydroxyl groups excluding tert-OH is 1. The fourth-order valence-corrected chi connectivity index (χ4v) is 1.68. The summed E-state index contributed by atoms with van der Waals surface area (Å²) in [6.07, 6.45) is 4.91. The molecular formula is C14H16ClNO. The van der Waals surface area contributed by atoms with E-state index >= 15 is 0 Å². The number of aromatic nitrogens is 1. The van der Waals surface area contributed by atoms with Crippen LogP contribution >= 0.6 is 0 Å². The fraction of sp³-hybridized carbons (Fsp3) is 0.214. The zero-order chi connectivity index (χ0) is 11.2. The number of hydrogen-bond donors (Lipinski definition) is 1. The lowest BCUT2D eigenvalue weighted by atomic mass is 10.1. The second-order valence-corrected chi connectivity index (χ2v) is 3.77. The summed E-state index contributed by atoms with van der Waals surface area (Å²) in [4.78, 5) is 0. The minimum Gasteiger partial charge on any atom is -1.00 e. The van der Waals surface area contributed by atoms with Crippen molar-refractivity contribution in [3.63, 3.8) is 0 Å². The number of hydrogen-bond acceptors (Lipinski definition) is 1. The lowest BCUT2D eigenvalue weighted by Gasteiger charge is -2.00. The zero-order valence-corrected chi connectivity index (χ0v) is 10.3. The first kappa shape index (κ1) is 13.7. The minimum atomic E-state index is 0. The molecular weight excluding hydrogens is 234 g/mol. The number of aryl methyl sites for hydroxylation is 1. The first-order valence-electron chi connectivity index (χ1n) is 5.55. The van der Waals surface area contributed by atoms with Crippen molar-refractivity contribution in [3.8, 4) is 11.1 Å². The van der Waals surface area contributed by atoms with E-state index in [1.165, 1.54) is 11.1 Å². The number of aliphatic hydroxyl groups is 1. The smallest absolute Gasteiger partial charge is 0.169 e. The van der Waals surface area contributed by atoms with Crippen molar-refractivity contribution >= 4 is 0 Å². The average Bonchev–Trinajstić information content (AvgIpc) is 2.38. The van der Waals surface area contributed by atoms with Crippen LogP contribution in [0.4, 0.5) is 0 Å². The summed E-state index contributed by atoms with van der Waals surface area (Å²) in [6.45, 7) is 1.11. The van der Waals surface area contributed by atoms with Crippen molar-refractivity contribution in [1.29, 1.82) is 0 Å². The van der Waals surface area contributed by atoms with E-state index in [-0.39, 0.29) is 19.0 Å². The lowest BCUT2D eigenvalue weighted by Crippen LogP contribution is -3.00. The Labute approximate surface area is 108 Å². The van der Waals surface area contributed by atoms with E-state index in [1.807, 2.05) is 18.2 Å². The van der Waals surface area contributed by atoms with Crippen LogP contribution in [0.1, 0.15) is 6.42 Å². The monoisotopic (exact) mass is 249 g/mol. The Hall–Kier alpha value is -1.38. The molecule has 1 aromatic heterocycles. The fourth-order valence-electron chi connectivity index (χ4n) is 1.68. The molecule has 0 fully saturated rings. The Morgan fingerprint density at radius 3 is 2.06 bits per heavy atom. The van der Waals surface area contributed by atoms with Crippen LogP contribution in [-0.2, 0) is 6.54 Å². The standard InChI is InChI=1S/C14H16NO.ClH/c16-12-4-9-15-10-7-14(8-11-15)13-5-2-1-3-6-13;/h1-3,5-8,10-11,16H,4,9,12H2;1H/q+1;/p-1. The maximum atomic E-state index is 8.75. The molecule has 0 radical (unpaired) electrons. The third kappa shape index (κ3) is 3.84. The van der Waals surface area contributed by atoms with Crippen molar-refractivity contribution in [2.75, 3.05) is 6.61 Å². The van der Waals surface area contributed by atoms with Crippen molar-refractivity contribution in [2.24, 2.45) is 0 Å². The molecule has 0 aliphatic rings. The Balaban J connectivity index is 0.00000144. The molecule has 0 atom stereocenters. The van der Waals surface area contributed by atoms with Gasteiger partial charge in [-0.1, -0.05) is 30.3 Å². The molecule has 1 heterocycles. The van der Waals surface area contributed by atoms with Crippen LogP contribution in [0, 0.1) is 0 Å². The molecule has 17 heavy (non-hydrogen) atoms. The van der Waals surface area contributed by atoms with Gasteiger partial charge in [-0.3, -0.25) is 0 Å². The molecule has 3 heteroatoms. The number of pyridine rings is 1. The van der Waals surface area contributed by atoms with Gasteiger partial charge in [0.1, 0.15) is 0 Å². The van der Waals surface area contributed by atoms with Crippen LogP contribution in [0.2, 0.25) is 0 Å². The van der Waals surface area contributed by atoms with E-state index in [2.05, 4.69) is 41.2 Å². The van der Waals surface area contributed by atoms with E-state index in [1.54, 1.807) is 0 Å². The molecule has 0 amide bonds. The highest BCUT2D eigenvalue weighted by molar-refractivity contribution is 5.61. The summed E-state index contributed by atoms with van der Waals surface area (Å²) >= 11 is 0. The van der Waals surface area contributed by atoms with E-state index in [9.17, 15) is 0 Å². The van der Waals surface area contributed by atoms with Gasteiger partial charge in [0.05, 0.1) is 0 Å². The first-order chi connectivity index (χ1) is 7.90. The van der Waals surface area contributed by atoms with Gasteiger partial charge >= 0.3 is 0 Å². The van der Waals surface area contributed by atoms with Gasteiger partial charge in [0.25, 0.3) is 0 Å². The molecule has 2 rings (SSSR count). The SMILES string of the molecule is OCCC[n+]1ccc(-c2ccccc2)cc1.[Cl-]. The average molecular weight is 250 g/mol. The third-order valence-electron chi connectivity index (χ3n) is 2.57. The van der Waals surface area contributed by atoms with Gasteiger partial charge in [-0.15, -0.1) is 0 Å². The van der Waals surface area contributed by atoms with Crippen molar-refractivity contribution in [2.45, 2.75) is 13.0 Å². The van der Waals surface area contributed by atoms with Gasteiger partial charge in [0.15, 0.2) is 18.9 Å². The highest BCUT2D eigenvalue weighted by Crippen LogP contribution is 2.16. The van der Waals surface area contributed by atoms with Crippen molar-refractivity contribution in [1.82, 2.24) is 0 Å². The summed E-state index contributed by atoms with van der Waals surface area (Å²) in [5.74, 6) is 0. The summed E-state index contributed by atoms with van der Waals surface area (Å²) in [6, 6.07) is 14.5. The molecule has 2 aromatic rings. The Morgan fingerprint density at radius 1 is 0.882 bits per heavy atom. The lowest BCUT2D eigenvalue weighted by molar-refractivity contribution is -0.697. The van der Waals surface area contributed by atoms with Gasteiger partial charge in [-0.2, -0.15) is 0 Å². The van der Waals surface area contributed by atoms with Gasteiger partial charge < -0.3 is 17.5 Å². The molecule has 0 spiro atoms. The number of benzene rings is 1. The van der Waals surface area contributed by atoms with Gasteiger partial charge in [0, 0.05) is 25.2 Å². The molecule has 2 nitrogen and oxygen atoms in total. The summed E-state index contributed by atoms with van der Waals surface area (Å²) in [5, 5.41) is 8.75. The summed E-state index contributed by atoms with van der Waals surface area (Å²) in [7, 11) is 0. The molecule has 1 aromatic carbocycles. The van der Waals surface area contributed by atoms with E-state index in [0.717, 1.165) is 13.0 Å². The van der Waals surface area contributed by atoms with E-state index in [4.69, 9.17) is 5.11 Å². The van der Waals surface area contributed by atoms with Crippen LogP contribution in [0.15, 0.2) is 54.9 Å². The second-order valence-electron chi connectivity index (χ2n) is 3.77. The van der Waals surface area contributed by atoms with Gasteiger partial charge in [-0.05, 0) is 11.1 Å². The van der Waals surface area contributed by atoms with Crippen molar-refractivity contribution in [3.05, 3.63) is 54.9 Å². The van der Waals surface area contributed by atoms with Crippen LogP contribution < -0.4 is 17.0 Å². The Bertz CT molecular complexity index is 428. The molecule has 90 valence electrons. The number of nitrogens with zero attached hydrogens (tertiary/aromatic N) is 1. The Kier molecular flexibility index (Phi) is 5.67. The van der Waals surface area contributed by atoms with Crippen LogP contribution in [0.5, 0.6) is 0 Å². The van der Waals surface area contributed by atoms with Crippen LogP contribution in [0.3, 0.4) is 0 Å². The topological polar surface area (TPSA) is 24.1 Å². The maximum Gasteiger partial charge on any atom is 0.169 e. The normalized spacial score (nSPS) is 9.71. The van der Waals surface area contributed by atoms with Gasteiger partial charge in [0.2, 0.25) is 0 Å². The predicted molar refractivity (Wildman–Crippen MR) is 63.8 cm³/mol. The highest BCUT2D eigenvalue weighted by Gasteiger charge is 2.01. The van der Waals surface area contributed by atoms with E-state index in [0.29, 0.717) is 0 Å². The quantitative estimate of drug-likeness (QED) is 0.693. The van der Waals surface area contributed by atoms with Crippen LogP contribution in [0.25, 0.3) is 11.1 Å². The van der Waals surface area contributed by atoms with Gasteiger partial charge in [-0.25, -0.2) is 4.57 Å². The molecule has 0 bridgehead atoms.